The first-order valence-corrected chi connectivity index (χ1v) is 8.78. The second kappa shape index (κ2) is 8.37. The van der Waals surface area contributed by atoms with Crippen molar-refractivity contribution in [1.82, 2.24) is 15.1 Å². The van der Waals surface area contributed by atoms with Crippen molar-refractivity contribution in [3.8, 4) is 5.75 Å². The topological polar surface area (TPSA) is 61.9 Å². The highest BCUT2D eigenvalue weighted by atomic mass is 79.9. The molecule has 1 heterocycles. The average molecular weight is 398 g/mol. The Bertz CT molecular complexity index is 607. The number of hydrogen-bond acceptors (Lipinski definition) is 3. The van der Waals surface area contributed by atoms with Gasteiger partial charge >= 0.3 is 6.03 Å². The van der Waals surface area contributed by atoms with Gasteiger partial charge in [-0.25, -0.2) is 4.79 Å². The van der Waals surface area contributed by atoms with E-state index in [9.17, 15) is 9.59 Å². The van der Waals surface area contributed by atoms with Gasteiger partial charge in [-0.05, 0) is 31.0 Å². The molecule has 2 rings (SSSR count). The molecular formula is C17H24BrN3O3. The number of nitrogens with one attached hydrogen (secondary N) is 1. The van der Waals surface area contributed by atoms with Crippen LogP contribution in [0, 0.1) is 5.92 Å². The Balaban J connectivity index is 1.95. The van der Waals surface area contributed by atoms with Gasteiger partial charge in [-0.1, -0.05) is 15.9 Å². The monoisotopic (exact) mass is 397 g/mol. The van der Waals surface area contributed by atoms with Crippen LogP contribution in [-0.4, -0.2) is 56.0 Å². The Morgan fingerprint density at radius 2 is 2.17 bits per heavy atom. The first-order valence-electron chi connectivity index (χ1n) is 7.98. The Morgan fingerprint density at radius 3 is 2.83 bits per heavy atom. The number of benzene rings is 1. The zero-order chi connectivity index (χ0) is 17.7. The maximum absolute atomic E-state index is 12.5. The first kappa shape index (κ1) is 18.6. The molecule has 0 aromatic heterocycles. The summed E-state index contributed by atoms with van der Waals surface area (Å²) in [5, 5.41) is 2.97. The van der Waals surface area contributed by atoms with E-state index in [1.54, 1.807) is 31.0 Å². The standard InChI is InChI=1S/C17H24BrN3O3/c1-20(2)17(23)21-8-4-5-12(11-21)16(22)19-10-13-9-14(18)6-7-15(13)24-3/h6-7,9,12H,4-5,8,10-11H2,1-3H3,(H,19,22). The maximum Gasteiger partial charge on any atom is 0.319 e. The Labute approximate surface area is 151 Å². The summed E-state index contributed by atoms with van der Waals surface area (Å²) in [7, 11) is 5.07. The number of halogens is 1. The van der Waals surface area contributed by atoms with Crippen LogP contribution in [0.15, 0.2) is 22.7 Å². The molecular weight excluding hydrogens is 374 g/mol. The zero-order valence-electron chi connectivity index (χ0n) is 14.3. The van der Waals surface area contributed by atoms with Gasteiger partial charge in [0.05, 0.1) is 13.0 Å². The quantitative estimate of drug-likeness (QED) is 0.848. The van der Waals surface area contributed by atoms with Crippen LogP contribution >= 0.6 is 15.9 Å². The lowest BCUT2D eigenvalue weighted by Gasteiger charge is -2.33. The summed E-state index contributed by atoms with van der Waals surface area (Å²) >= 11 is 3.43. The van der Waals surface area contributed by atoms with Gasteiger partial charge in [0.15, 0.2) is 0 Å². The van der Waals surface area contributed by atoms with Crippen molar-refractivity contribution in [2.45, 2.75) is 19.4 Å². The van der Waals surface area contributed by atoms with Crippen molar-refractivity contribution >= 4 is 27.9 Å². The molecule has 24 heavy (non-hydrogen) atoms. The summed E-state index contributed by atoms with van der Waals surface area (Å²) in [6, 6.07) is 5.66. The van der Waals surface area contributed by atoms with Gasteiger partial charge < -0.3 is 19.9 Å². The molecule has 0 spiro atoms. The second-order valence-corrected chi connectivity index (χ2v) is 7.05. The van der Waals surface area contributed by atoms with Crippen molar-refractivity contribution in [1.29, 1.82) is 0 Å². The minimum Gasteiger partial charge on any atom is -0.496 e. The lowest BCUT2D eigenvalue weighted by atomic mass is 9.97. The zero-order valence-corrected chi connectivity index (χ0v) is 15.9. The number of nitrogens with zero attached hydrogens (tertiary/aromatic N) is 2. The number of urea groups is 1. The molecule has 1 aliphatic rings. The van der Waals surface area contributed by atoms with Crippen LogP contribution in [-0.2, 0) is 11.3 Å². The number of piperidine rings is 1. The van der Waals surface area contributed by atoms with Crippen molar-refractivity contribution in [3.63, 3.8) is 0 Å². The summed E-state index contributed by atoms with van der Waals surface area (Å²) in [6.45, 7) is 1.58. The minimum atomic E-state index is -0.166. The molecule has 0 aliphatic carbocycles. The lowest BCUT2D eigenvalue weighted by Crippen LogP contribution is -2.48. The summed E-state index contributed by atoms with van der Waals surface area (Å²) < 4.78 is 6.26. The fourth-order valence-corrected chi connectivity index (χ4v) is 3.27. The molecule has 1 aromatic rings. The molecule has 1 saturated heterocycles. The van der Waals surface area contributed by atoms with E-state index in [4.69, 9.17) is 4.74 Å². The largest absolute Gasteiger partial charge is 0.496 e. The van der Waals surface area contributed by atoms with E-state index in [0.29, 0.717) is 19.6 Å². The van der Waals surface area contributed by atoms with Crippen LogP contribution < -0.4 is 10.1 Å². The molecule has 0 bridgehead atoms. The van der Waals surface area contributed by atoms with Gasteiger partial charge in [-0.2, -0.15) is 0 Å². The minimum absolute atomic E-state index is 0.0201. The summed E-state index contributed by atoms with van der Waals surface area (Å²) in [4.78, 5) is 27.8. The Morgan fingerprint density at radius 1 is 1.42 bits per heavy atom. The number of hydrogen-bond donors (Lipinski definition) is 1. The van der Waals surface area contributed by atoms with Crippen molar-refractivity contribution in [2.75, 3.05) is 34.3 Å². The fraction of sp³-hybridized carbons (Fsp3) is 0.529. The smallest absolute Gasteiger partial charge is 0.319 e. The number of methoxy groups -OCH3 is 1. The number of carbonyl (C=O) groups excluding carboxylic acids is 2. The van der Waals surface area contributed by atoms with Gasteiger partial charge in [0.1, 0.15) is 5.75 Å². The number of rotatable bonds is 4. The van der Waals surface area contributed by atoms with Crippen LogP contribution in [0.25, 0.3) is 0 Å². The Hall–Kier alpha value is -1.76. The molecule has 1 fully saturated rings. The highest BCUT2D eigenvalue weighted by Crippen LogP contribution is 2.23. The molecule has 1 aliphatic heterocycles. The summed E-state index contributed by atoms with van der Waals surface area (Å²) in [5.41, 5.74) is 0.914. The van der Waals surface area contributed by atoms with Gasteiger partial charge in [-0.3, -0.25) is 4.79 Å². The van der Waals surface area contributed by atoms with Crippen LogP contribution in [0.5, 0.6) is 5.75 Å². The van der Waals surface area contributed by atoms with E-state index in [1.165, 1.54) is 0 Å². The number of amides is 3. The van der Waals surface area contributed by atoms with E-state index in [0.717, 1.165) is 28.6 Å². The van der Waals surface area contributed by atoms with E-state index < -0.39 is 0 Å². The van der Waals surface area contributed by atoms with Gasteiger partial charge in [0.2, 0.25) is 5.91 Å². The van der Waals surface area contributed by atoms with Gasteiger partial charge in [0, 0.05) is 43.8 Å². The molecule has 1 aromatic carbocycles. The van der Waals surface area contributed by atoms with Crippen molar-refractivity contribution in [3.05, 3.63) is 28.2 Å². The molecule has 0 radical (unpaired) electrons. The lowest BCUT2D eigenvalue weighted by molar-refractivity contribution is -0.126. The van der Waals surface area contributed by atoms with Crippen LogP contribution in [0.3, 0.4) is 0 Å². The van der Waals surface area contributed by atoms with E-state index in [1.807, 2.05) is 18.2 Å². The van der Waals surface area contributed by atoms with Gasteiger partial charge in [-0.15, -0.1) is 0 Å². The van der Waals surface area contributed by atoms with E-state index in [-0.39, 0.29) is 17.9 Å². The first-order chi connectivity index (χ1) is 11.4. The Kier molecular flexibility index (Phi) is 6.48. The molecule has 1 unspecified atom stereocenters. The molecule has 6 nitrogen and oxygen atoms in total. The van der Waals surface area contributed by atoms with Crippen molar-refractivity contribution < 1.29 is 14.3 Å². The summed E-state index contributed by atoms with van der Waals surface area (Å²) in [5.74, 6) is 0.556. The summed E-state index contributed by atoms with van der Waals surface area (Å²) in [6.07, 6.45) is 1.65. The number of carbonyl (C=O) groups is 2. The molecule has 1 N–H and O–H groups in total. The third-order valence-corrected chi connectivity index (χ3v) is 4.63. The molecule has 3 amide bonds. The SMILES string of the molecule is COc1ccc(Br)cc1CNC(=O)C1CCCN(C(=O)N(C)C)C1. The van der Waals surface area contributed by atoms with Crippen molar-refractivity contribution in [2.24, 2.45) is 5.92 Å². The second-order valence-electron chi connectivity index (χ2n) is 6.14. The molecule has 1 atom stereocenters. The number of likely N-dealkylation sites (tertiary alicyclic amines) is 1. The third kappa shape index (κ3) is 4.63. The number of ether oxygens (including phenoxy) is 1. The van der Waals surface area contributed by atoms with Crippen LogP contribution in [0.2, 0.25) is 0 Å². The van der Waals surface area contributed by atoms with Crippen LogP contribution in [0.4, 0.5) is 4.79 Å². The average Bonchev–Trinajstić information content (AvgIpc) is 2.59. The highest BCUT2D eigenvalue weighted by molar-refractivity contribution is 9.10. The highest BCUT2D eigenvalue weighted by Gasteiger charge is 2.29. The third-order valence-electron chi connectivity index (χ3n) is 4.14. The van der Waals surface area contributed by atoms with Crippen LogP contribution in [0.1, 0.15) is 18.4 Å². The molecule has 132 valence electrons. The normalized spacial score (nSPS) is 17.3. The molecule has 0 saturated carbocycles. The fourth-order valence-electron chi connectivity index (χ4n) is 2.86. The predicted molar refractivity (Wildman–Crippen MR) is 95.9 cm³/mol. The van der Waals surface area contributed by atoms with Gasteiger partial charge in [0.25, 0.3) is 0 Å². The molecule has 7 heteroatoms. The van der Waals surface area contributed by atoms with E-state index >= 15 is 0 Å². The maximum atomic E-state index is 12.5. The van der Waals surface area contributed by atoms with E-state index in [2.05, 4.69) is 21.2 Å². The predicted octanol–water partition coefficient (Wildman–Crippen LogP) is 2.47.